The number of allylic oxidation sites excluding steroid dienone is 2. The van der Waals surface area contributed by atoms with Crippen LogP contribution < -0.4 is 10.5 Å². The van der Waals surface area contributed by atoms with Crippen molar-refractivity contribution in [3.63, 3.8) is 0 Å². The topological polar surface area (TPSA) is 122 Å². The van der Waals surface area contributed by atoms with E-state index in [0.717, 1.165) is 17.7 Å². The van der Waals surface area contributed by atoms with E-state index < -0.39 is 10.4 Å². The summed E-state index contributed by atoms with van der Waals surface area (Å²) in [6.07, 6.45) is 6.04. The van der Waals surface area contributed by atoms with Gasteiger partial charge in [-0.25, -0.2) is 4.99 Å². The predicted octanol–water partition coefficient (Wildman–Crippen LogP) is 1.62. The van der Waals surface area contributed by atoms with Gasteiger partial charge >= 0.3 is 5.97 Å². The molecule has 3 rings (SSSR count). The molecule has 0 radical (unpaired) electrons. The van der Waals surface area contributed by atoms with Gasteiger partial charge in [0.1, 0.15) is 18.8 Å². The molecule has 0 aromatic heterocycles. The van der Waals surface area contributed by atoms with Gasteiger partial charge in [-0.1, -0.05) is 13.8 Å². The first kappa shape index (κ1) is 17.5. The number of amidine groups is 1. The summed E-state index contributed by atoms with van der Waals surface area (Å²) < 4.78 is 18.8. The van der Waals surface area contributed by atoms with Gasteiger partial charge in [0.25, 0.3) is 0 Å². The van der Waals surface area contributed by atoms with Crippen LogP contribution in [-0.2, 0) is 14.3 Å². The molecule has 9 heteroatoms. The van der Waals surface area contributed by atoms with Gasteiger partial charge in [0.15, 0.2) is 5.40 Å². The van der Waals surface area contributed by atoms with Crippen LogP contribution in [0, 0.1) is 16.6 Å². The number of esters is 1. The van der Waals surface area contributed by atoms with E-state index in [-0.39, 0.29) is 30.7 Å². The fraction of sp³-hybridized carbons (Fsp3) is 0.500. The van der Waals surface area contributed by atoms with Gasteiger partial charge in [-0.2, -0.15) is 9.66 Å². The number of ether oxygens (including phenoxy) is 2. The van der Waals surface area contributed by atoms with E-state index in [4.69, 9.17) is 15.2 Å². The van der Waals surface area contributed by atoms with E-state index in [0.29, 0.717) is 11.5 Å². The average molecular weight is 363 g/mol. The van der Waals surface area contributed by atoms with Crippen LogP contribution in [0.1, 0.15) is 26.7 Å². The number of nitrogens with zero attached hydrogens (tertiary/aromatic N) is 3. The lowest BCUT2D eigenvalue weighted by molar-refractivity contribution is -0.151. The molecule has 3 unspecified atom stereocenters. The van der Waals surface area contributed by atoms with Crippen molar-refractivity contribution < 1.29 is 14.3 Å². The van der Waals surface area contributed by atoms with Gasteiger partial charge in [0.05, 0.1) is 23.8 Å². The third-order valence-electron chi connectivity index (χ3n) is 4.13. The summed E-state index contributed by atoms with van der Waals surface area (Å²) in [5.74, 6) is -0.101. The summed E-state index contributed by atoms with van der Waals surface area (Å²) in [7, 11) is -2.31. The van der Waals surface area contributed by atoms with E-state index in [1.165, 1.54) is 6.34 Å². The fourth-order valence-electron chi connectivity index (χ4n) is 2.74. The van der Waals surface area contributed by atoms with Gasteiger partial charge < -0.3 is 19.9 Å². The second-order valence-corrected chi connectivity index (χ2v) is 8.50. The minimum absolute atomic E-state index is 0.164. The number of hydrogen-bond acceptors (Lipinski definition) is 8. The Morgan fingerprint density at radius 2 is 2.36 bits per heavy atom. The molecular weight excluding hydrogens is 342 g/mol. The molecule has 0 aromatic rings. The van der Waals surface area contributed by atoms with Gasteiger partial charge in [-0.05, 0) is 25.0 Å². The highest BCUT2D eigenvalue weighted by molar-refractivity contribution is 8.38. The highest BCUT2D eigenvalue weighted by Gasteiger charge is 2.41. The normalized spacial score (nSPS) is 33.1. The molecule has 0 aliphatic carbocycles. The lowest BCUT2D eigenvalue weighted by atomic mass is 10.2. The summed E-state index contributed by atoms with van der Waals surface area (Å²) in [6.45, 7) is 3.81. The van der Waals surface area contributed by atoms with E-state index in [1.807, 2.05) is 6.08 Å². The number of thiocyanates is 1. The first-order valence-electron chi connectivity index (χ1n) is 8.08. The van der Waals surface area contributed by atoms with Crippen LogP contribution in [0.5, 0.6) is 0 Å². The van der Waals surface area contributed by atoms with Gasteiger partial charge in [-0.3, -0.25) is 4.79 Å². The lowest BCUT2D eigenvalue weighted by Crippen LogP contribution is -2.32. The Morgan fingerprint density at radius 3 is 3.08 bits per heavy atom. The number of carbonyl (C=O) groups is 1. The molecule has 25 heavy (non-hydrogen) atoms. The van der Waals surface area contributed by atoms with E-state index in [9.17, 15) is 10.1 Å². The Bertz CT molecular complexity index is 737. The molecule has 1 saturated heterocycles. The molecule has 3 aliphatic rings. The van der Waals surface area contributed by atoms with Crippen LogP contribution >= 0.6 is 10.4 Å². The number of nitrogens with two attached hydrogens (primary N) is 1. The molecule has 8 nitrogen and oxygen atoms in total. The number of fused-ring (bicyclic) bond motifs is 2. The second kappa shape index (κ2) is 6.90. The number of nitriles is 1. The van der Waals surface area contributed by atoms with Crippen LogP contribution in [0.4, 0.5) is 0 Å². The zero-order chi connectivity index (χ0) is 18.0. The van der Waals surface area contributed by atoms with Crippen molar-refractivity contribution in [2.24, 2.45) is 21.0 Å². The van der Waals surface area contributed by atoms with Crippen molar-refractivity contribution in [1.82, 2.24) is 4.72 Å². The van der Waals surface area contributed by atoms with E-state index in [1.54, 1.807) is 19.9 Å². The zero-order valence-electron chi connectivity index (χ0n) is 14.1. The van der Waals surface area contributed by atoms with Crippen molar-refractivity contribution in [2.45, 2.75) is 38.9 Å². The Balaban J connectivity index is 1.72. The monoisotopic (exact) mass is 363 g/mol. The lowest BCUT2D eigenvalue weighted by Gasteiger charge is -2.36. The molecule has 3 heterocycles. The number of rotatable bonds is 4. The maximum absolute atomic E-state index is 11.6. The second-order valence-electron chi connectivity index (χ2n) is 6.27. The van der Waals surface area contributed by atoms with Crippen molar-refractivity contribution in [1.29, 1.82) is 5.26 Å². The molecule has 0 aromatic carbocycles. The molecule has 134 valence electrons. The summed E-state index contributed by atoms with van der Waals surface area (Å²) in [5, 5.41) is 12.1. The Kier molecular flexibility index (Phi) is 4.83. The van der Waals surface area contributed by atoms with Crippen molar-refractivity contribution in [2.75, 3.05) is 6.61 Å². The quantitative estimate of drug-likeness (QED) is 0.578. The summed E-state index contributed by atoms with van der Waals surface area (Å²) in [4.78, 5) is 16.4. The summed E-state index contributed by atoms with van der Waals surface area (Å²) >= 11 is 0. The third kappa shape index (κ3) is 3.41. The van der Waals surface area contributed by atoms with E-state index in [2.05, 4.69) is 19.5 Å². The Morgan fingerprint density at radius 1 is 1.56 bits per heavy atom. The third-order valence-corrected chi connectivity index (χ3v) is 6.40. The molecule has 3 N–H and O–H groups in total. The predicted molar refractivity (Wildman–Crippen MR) is 96.3 cm³/mol. The van der Waals surface area contributed by atoms with Crippen LogP contribution in [0.25, 0.3) is 0 Å². The number of nitrogens with one attached hydrogen (secondary N) is 1. The number of hydrogen-bond donors (Lipinski definition) is 2. The maximum Gasteiger partial charge on any atom is 0.308 e. The van der Waals surface area contributed by atoms with Crippen LogP contribution in [0.3, 0.4) is 0 Å². The van der Waals surface area contributed by atoms with Crippen molar-refractivity contribution in [3.05, 3.63) is 22.8 Å². The molecule has 0 saturated carbocycles. The van der Waals surface area contributed by atoms with Gasteiger partial charge in [0.2, 0.25) is 0 Å². The molecule has 2 bridgehead atoms. The number of aliphatic imine (C=N–C) groups is 1. The Hall–Kier alpha value is -2.31. The fourth-order valence-corrected chi connectivity index (χ4v) is 4.73. The maximum atomic E-state index is 11.6. The molecule has 1 fully saturated rings. The first-order chi connectivity index (χ1) is 11.9. The highest BCUT2D eigenvalue weighted by Crippen LogP contribution is 2.58. The smallest absolute Gasteiger partial charge is 0.308 e. The highest BCUT2D eigenvalue weighted by atomic mass is 32.3. The van der Waals surface area contributed by atoms with Gasteiger partial charge in [0, 0.05) is 15.3 Å². The molecular formula is C16H21N5O3S. The van der Waals surface area contributed by atoms with Gasteiger partial charge in [-0.15, -0.1) is 0 Å². The molecule has 3 aliphatic heterocycles. The number of carbonyl (C=O) groups excluding carboxylic acids is 1. The largest absolute Gasteiger partial charge is 0.463 e. The Labute approximate surface area is 148 Å². The minimum Gasteiger partial charge on any atom is -0.463 e. The molecule has 3 atom stereocenters. The van der Waals surface area contributed by atoms with Crippen molar-refractivity contribution >= 4 is 28.5 Å². The summed E-state index contributed by atoms with van der Waals surface area (Å²) in [5.41, 5.74) is 6.43. The standard InChI is InChI=1S/C16H21N5O3S/c1-10(2)16(22)23-7-11-3-5-13(24-11)14-6-4-12-15(18)19-9-20-25(14,8-17)21-12/h4,6,9-11,13,21H,3,5,7H2,1-2H3,(H2,18,19,20). The van der Waals surface area contributed by atoms with Crippen molar-refractivity contribution in [3.8, 4) is 5.40 Å². The summed E-state index contributed by atoms with van der Waals surface area (Å²) in [6, 6.07) is 0. The molecule has 0 amide bonds. The van der Waals surface area contributed by atoms with Crippen LogP contribution in [0.2, 0.25) is 0 Å². The first-order valence-corrected chi connectivity index (χ1v) is 9.67. The molecule has 0 spiro atoms. The SMILES string of the molecule is CC(C)C(=O)OCC1CCC(C2=CC=C3NS2(C#N)N=CN=C3N)O1. The zero-order valence-corrected chi connectivity index (χ0v) is 15.0. The minimum atomic E-state index is -2.31. The average Bonchev–Trinajstić information content (AvgIpc) is 3.02. The van der Waals surface area contributed by atoms with Crippen LogP contribution in [0.15, 0.2) is 32.1 Å². The van der Waals surface area contributed by atoms with E-state index >= 15 is 0 Å². The van der Waals surface area contributed by atoms with Crippen LogP contribution in [-0.4, -0.2) is 37.0 Å².